The highest BCUT2D eigenvalue weighted by molar-refractivity contribution is 5.89. The number of carbonyl (C=O) groups is 2. The molecule has 3 rings (SSSR count). The molecule has 5 nitrogen and oxygen atoms in total. The summed E-state index contributed by atoms with van der Waals surface area (Å²) >= 11 is 0. The molecule has 0 bridgehead atoms. The van der Waals surface area contributed by atoms with Crippen LogP contribution in [0.3, 0.4) is 0 Å². The van der Waals surface area contributed by atoms with E-state index < -0.39 is 5.54 Å². The predicted octanol–water partition coefficient (Wildman–Crippen LogP) is 1.50. The van der Waals surface area contributed by atoms with E-state index in [2.05, 4.69) is 17.4 Å². The maximum Gasteiger partial charge on any atom is 0.225 e. The number of hydrogen-bond acceptors (Lipinski definition) is 3. The van der Waals surface area contributed by atoms with E-state index in [9.17, 15) is 14.7 Å². The Morgan fingerprint density at radius 1 is 1.25 bits per heavy atom. The highest BCUT2D eigenvalue weighted by Gasteiger charge is 2.39. The van der Waals surface area contributed by atoms with E-state index in [-0.39, 0.29) is 30.8 Å². The van der Waals surface area contributed by atoms with Gasteiger partial charge in [-0.2, -0.15) is 0 Å². The molecular formula is C19H26N2O3. The molecule has 1 saturated carbocycles. The van der Waals surface area contributed by atoms with Gasteiger partial charge in [-0.3, -0.25) is 9.59 Å². The number of likely N-dealkylation sites (tertiary alicyclic amines) is 1. The van der Waals surface area contributed by atoms with Crippen molar-refractivity contribution in [3.63, 3.8) is 0 Å². The molecule has 2 fully saturated rings. The van der Waals surface area contributed by atoms with E-state index in [0.29, 0.717) is 13.1 Å². The maximum atomic E-state index is 12.5. The Bertz CT molecular complexity index is 582. The van der Waals surface area contributed by atoms with Crippen LogP contribution in [0.4, 0.5) is 0 Å². The molecule has 1 atom stereocenters. The Kier molecular flexibility index (Phi) is 5.19. The van der Waals surface area contributed by atoms with Crippen molar-refractivity contribution in [1.82, 2.24) is 10.2 Å². The number of aliphatic hydroxyl groups is 1. The molecule has 0 aromatic heterocycles. The van der Waals surface area contributed by atoms with Gasteiger partial charge in [-0.05, 0) is 24.8 Å². The first kappa shape index (κ1) is 17.0. The van der Waals surface area contributed by atoms with E-state index in [4.69, 9.17) is 0 Å². The van der Waals surface area contributed by atoms with Crippen molar-refractivity contribution in [2.45, 2.75) is 44.1 Å². The standard InChI is InChI=1S/C19H26N2O3/c22-14-19(9-4-5-10-19)20-18(24)16-12-17(23)21(13-16)11-8-15-6-2-1-3-7-15/h1-3,6-7,16,22H,4-5,8-14H2,(H,20,24). The molecule has 0 radical (unpaired) electrons. The third-order valence-electron chi connectivity index (χ3n) is 5.35. The first-order valence-corrected chi connectivity index (χ1v) is 8.86. The second-order valence-electron chi connectivity index (χ2n) is 7.11. The molecule has 2 N–H and O–H groups in total. The smallest absolute Gasteiger partial charge is 0.225 e. The monoisotopic (exact) mass is 330 g/mol. The zero-order valence-electron chi connectivity index (χ0n) is 14.0. The molecule has 1 saturated heterocycles. The first-order valence-electron chi connectivity index (χ1n) is 8.86. The second kappa shape index (κ2) is 7.34. The summed E-state index contributed by atoms with van der Waals surface area (Å²) in [5.74, 6) is -0.325. The lowest BCUT2D eigenvalue weighted by Crippen LogP contribution is -2.51. The minimum atomic E-state index is -0.461. The summed E-state index contributed by atoms with van der Waals surface area (Å²) in [6, 6.07) is 10.1. The van der Waals surface area contributed by atoms with Gasteiger partial charge in [0.15, 0.2) is 0 Å². The molecule has 24 heavy (non-hydrogen) atoms. The van der Waals surface area contributed by atoms with Gasteiger partial charge in [-0.25, -0.2) is 0 Å². The number of nitrogens with one attached hydrogen (secondary N) is 1. The fraction of sp³-hybridized carbons (Fsp3) is 0.579. The lowest BCUT2D eigenvalue weighted by atomic mass is 9.97. The fourth-order valence-corrected chi connectivity index (χ4v) is 3.81. The van der Waals surface area contributed by atoms with Crippen LogP contribution in [-0.4, -0.2) is 47.1 Å². The van der Waals surface area contributed by atoms with E-state index >= 15 is 0 Å². The molecule has 1 unspecified atom stereocenters. The van der Waals surface area contributed by atoms with Gasteiger partial charge in [-0.15, -0.1) is 0 Å². The summed E-state index contributed by atoms with van der Waals surface area (Å²) in [7, 11) is 0. The predicted molar refractivity (Wildman–Crippen MR) is 91.3 cm³/mol. The number of carbonyl (C=O) groups excluding carboxylic acids is 2. The molecule has 1 aromatic rings. The van der Waals surface area contributed by atoms with Crippen LogP contribution in [-0.2, 0) is 16.0 Å². The second-order valence-corrected chi connectivity index (χ2v) is 7.11. The summed E-state index contributed by atoms with van der Waals surface area (Å²) in [4.78, 5) is 26.5. The van der Waals surface area contributed by atoms with Crippen molar-refractivity contribution in [3.8, 4) is 0 Å². The number of benzene rings is 1. The Morgan fingerprint density at radius 3 is 2.62 bits per heavy atom. The first-order chi connectivity index (χ1) is 11.6. The van der Waals surface area contributed by atoms with Crippen molar-refractivity contribution in [1.29, 1.82) is 0 Å². The third kappa shape index (κ3) is 3.78. The molecule has 2 aliphatic rings. The average molecular weight is 330 g/mol. The van der Waals surface area contributed by atoms with Crippen molar-refractivity contribution < 1.29 is 14.7 Å². The quantitative estimate of drug-likeness (QED) is 0.830. The minimum Gasteiger partial charge on any atom is -0.394 e. The lowest BCUT2D eigenvalue weighted by molar-refractivity contribution is -0.129. The van der Waals surface area contributed by atoms with Gasteiger partial charge in [0.05, 0.1) is 18.1 Å². The Morgan fingerprint density at radius 2 is 1.96 bits per heavy atom. The summed E-state index contributed by atoms with van der Waals surface area (Å²) in [5, 5.41) is 12.7. The molecule has 130 valence electrons. The third-order valence-corrected chi connectivity index (χ3v) is 5.35. The summed E-state index contributed by atoms with van der Waals surface area (Å²) < 4.78 is 0. The molecule has 1 aromatic carbocycles. The molecule has 0 spiro atoms. The van der Waals surface area contributed by atoms with Crippen molar-refractivity contribution in [2.24, 2.45) is 5.92 Å². The molecule has 1 aliphatic carbocycles. The molecule has 1 heterocycles. The number of hydrogen-bond donors (Lipinski definition) is 2. The van der Waals surface area contributed by atoms with Crippen LogP contribution in [0.2, 0.25) is 0 Å². The Balaban J connectivity index is 1.53. The van der Waals surface area contributed by atoms with Gasteiger partial charge in [0.2, 0.25) is 11.8 Å². The Labute approximate surface area is 143 Å². The van der Waals surface area contributed by atoms with Crippen LogP contribution in [0.25, 0.3) is 0 Å². The summed E-state index contributed by atoms with van der Waals surface area (Å²) in [5.41, 5.74) is 0.737. The molecular weight excluding hydrogens is 304 g/mol. The van der Waals surface area contributed by atoms with E-state index in [1.807, 2.05) is 18.2 Å². The van der Waals surface area contributed by atoms with Gasteiger partial charge in [0, 0.05) is 19.5 Å². The SMILES string of the molecule is O=C(NC1(CO)CCCC1)C1CC(=O)N(CCc2ccccc2)C1. The average Bonchev–Trinajstić information content (AvgIpc) is 3.21. The number of rotatable bonds is 6. The maximum absolute atomic E-state index is 12.5. The fourth-order valence-electron chi connectivity index (χ4n) is 3.81. The normalized spacial score (nSPS) is 22.8. The van der Waals surface area contributed by atoms with Crippen LogP contribution in [0.5, 0.6) is 0 Å². The molecule has 5 heteroatoms. The number of nitrogens with zero attached hydrogens (tertiary/aromatic N) is 1. The molecule has 2 amide bonds. The zero-order chi connectivity index (χ0) is 17.0. The van der Waals surface area contributed by atoms with Crippen LogP contribution in [0.1, 0.15) is 37.7 Å². The Hall–Kier alpha value is -1.88. The van der Waals surface area contributed by atoms with Crippen LogP contribution >= 0.6 is 0 Å². The summed E-state index contributed by atoms with van der Waals surface area (Å²) in [6.07, 6.45) is 4.81. The van der Waals surface area contributed by atoms with Gasteiger partial charge in [0.1, 0.15) is 0 Å². The van der Waals surface area contributed by atoms with E-state index in [1.54, 1.807) is 4.90 Å². The molecule has 1 aliphatic heterocycles. The van der Waals surface area contributed by atoms with Crippen LogP contribution < -0.4 is 5.32 Å². The van der Waals surface area contributed by atoms with Gasteiger partial charge >= 0.3 is 0 Å². The van der Waals surface area contributed by atoms with Crippen molar-refractivity contribution in [3.05, 3.63) is 35.9 Å². The van der Waals surface area contributed by atoms with E-state index in [0.717, 1.165) is 32.1 Å². The van der Waals surface area contributed by atoms with Gasteiger partial charge in [0.25, 0.3) is 0 Å². The van der Waals surface area contributed by atoms with Crippen LogP contribution in [0.15, 0.2) is 30.3 Å². The van der Waals surface area contributed by atoms with Gasteiger partial charge < -0.3 is 15.3 Å². The van der Waals surface area contributed by atoms with Crippen molar-refractivity contribution >= 4 is 11.8 Å². The summed E-state index contributed by atoms with van der Waals surface area (Å²) in [6.45, 7) is 1.12. The zero-order valence-corrected chi connectivity index (χ0v) is 14.0. The number of amides is 2. The minimum absolute atomic E-state index is 0.0167. The van der Waals surface area contributed by atoms with Gasteiger partial charge in [-0.1, -0.05) is 43.2 Å². The highest BCUT2D eigenvalue weighted by Crippen LogP contribution is 2.30. The lowest BCUT2D eigenvalue weighted by Gasteiger charge is -2.29. The van der Waals surface area contributed by atoms with E-state index in [1.165, 1.54) is 5.56 Å². The topological polar surface area (TPSA) is 69.6 Å². The largest absolute Gasteiger partial charge is 0.394 e. The number of aliphatic hydroxyl groups excluding tert-OH is 1. The highest BCUT2D eigenvalue weighted by atomic mass is 16.3. The van der Waals surface area contributed by atoms with Crippen molar-refractivity contribution in [2.75, 3.05) is 19.7 Å². The van der Waals surface area contributed by atoms with Crippen LogP contribution in [0, 0.1) is 5.92 Å².